The average Bonchev–Trinajstić information content (AvgIpc) is 2.21. The maximum Gasteiger partial charge on any atom is 0.213 e. The van der Waals surface area contributed by atoms with Crippen molar-refractivity contribution >= 4 is 10.0 Å². The first-order chi connectivity index (χ1) is 7.33. The zero-order valence-corrected chi connectivity index (χ0v) is 11.2. The van der Waals surface area contributed by atoms with E-state index in [9.17, 15) is 8.42 Å². The molecular formula is C10H22N2O3S. The Hall–Kier alpha value is -0.170. The number of hydrogen-bond acceptors (Lipinski definition) is 4. The summed E-state index contributed by atoms with van der Waals surface area (Å²) in [5.41, 5.74) is -0.124. The van der Waals surface area contributed by atoms with Crippen LogP contribution in [-0.2, 0) is 14.8 Å². The number of nitrogens with one attached hydrogen (secondary N) is 2. The molecule has 0 radical (unpaired) electrons. The first kappa shape index (κ1) is 13.9. The highest BCUT2D eigenvalue weighted by Gasteiger charge is 2.49. The van der Waals surface area contributed by atoms with E-state index in [1.165, 1.54) is 0 Å². The lowest BCUT2D eigenvalue weighted by Gasteiger charge is -2.50. The molecule has 1 aliphatic rings. The number of ether oxygens (including phenoxy) is 1. The fraction of sp³-hybridized carbons (Fsp3) is 1.00. The molecule has 0 bridgehead atoms. The third-order valence-electron chi connectivity index (χ3n) is 3.40. The molecular weight excluding hydrogens is 228 g/mol. The predicted molar refractivity (Wildman–Crippen MR) is 63.8 cm³/mol. The van der Waals surface area contributed by atoms with Crippen molar-refractivity contribution in [3.63, 3.8) is 0 Å². The largest absolute Gasteiger partial charge is 0.381 e. The van der Waals surface area contributed by atoms with Crippen LogP contribution in [0, 0.1) is 5.41 Å². The van der Waals surface area contributed by atoms with Crippen LogP contribution in [0.25, 0.3) is 0 Å². The molecule has 0 amide bonds. The summed E-state index contributed by atoms with van der Waals surface area (Å²) in [6.45, 7) is 4.52. The number of rotatable bonds is 6. The maximum absolute atomic E-state index is 11.7. The molecule has 2 unspecified atom stereocenters. The lowest BCUT2D eigenvalue weighted by atomic mass is 9.65. The summed E-state index contributed by atoms with van der Waals surface area (Å²) in [6, 6.07) is -0.0145. The molecule has 0 aromatic carbocycles. The third-order valence-corrected chi connectivity index (χ3v) is 4.79. The molecule has 1 aliphatic carbocycles. The van der Waals surface area contributed by atoms with Gasteiger partial charge in [0.15, 0.2) is 0 Å². The molecule has 96 valence electrons. The summed E-state index contributed by atoms with van der Waals surface area (Å²) in [6.07, 6.45) is 0.895. The summed E-state index contributed by atoms with van der Waals surface area (Å²) >= 11 is 0. The number of hydrogen-bond donors (Lipinski definition) is 2. The van der Waals surface area contributed by atoms with Gasteiger partial charge in [-0.1, -0.05) is 13.8 Å². The molecule has 0 aromatic rings. The highest BCUT2D eigenvalue weighted by Crippen LogP contribution is 2.42. The highest BCUT2D eigenvalue weighted by atomic mass is 32.2. The van der Waals surface area contributed by atoms with Crippen LogP contribution < -0.4 is 10.0 Å². The van der Waals surface area contributed by atoms with Gasteiger partial charge in [-0.2, -0.15) is 0 Å². The number of sulfonamides is 1. The first-order valence-electron chi connectivity index (χ1n) is 5.51. The lowest BCUT2D eigenvalue weighted by Crippen LogP contribution is -2.62. The van der Waals surface area contributed by atoms with E-state index >= 15 is 0 Å². The topological polar surface area (TPSA) is 67.4 Å². The molecule has 0 saturated heterocycles. The molecule has 1 rings (SSSR count). The fourth-order valence-corrected chi connectivity index (χ4v) is 3.42. The van der Waals surface area contributed by atoms with Gasteiger partial charge >= 0.3 is 0 Å². The van der Waals surface area contributed by atoms with Crippen molar-refractivity contribution in [2.75, 3.05) is 26.5 Å². The van der Waals surface area contributed by atoms with Crippen LogP contribution >= 0.6 is 0 Å². The van der Waals surface area contributed by atoms with Gasteiger partial charge in [0.1, 0.15) is 0 Å². The molecule has 6 heteroatoms. The van der Waals surface area contributed by atoms with Gasteiger partial charge in [0.25, 0.3) is 0 Å². The highest BCUT2D eigenvalue weighted by molar-refractivity contribution is 7.89. The summed E-state index contributed by atoms with van der Waals surface area (Å²) < 4.78 is 31.4. The fourth-order valence-electron chi connectivity index (χ4n) is 2.00. The normalized spacial score (nSPS) is 28.8. The van der Waals surface area contributed by atoms with Crippen molar-refractivity contribution in [3.05, 3.63) is 0 Å². The Morgan fingerprint density at radius 3 is 2.50 bits per heavy atom. The van der Waals surface area contributed by atoms with Crippen LogP contribution in [-0.4, -0.2) is 47.0 Å². The van der Waals surface area contributed by atoms with E-state index in [4.69, 9.17) is 4.74 Å². The van der Waals surface area contributed by atoms with Crippen molar-refractivity contribution in [1.29, 1.82) is 0 Å². The predicted octanol–water partition coefficient (Wildman–Crippen LogP) is -0.0613. The van der Waals surface area contributed by atoms with Crippen LogP contribution in [0.5, 0.6) is 0 Å². The van der Waals surface area contributed by atoms with Crippen LogP contribution in [0.15, 0.2) is 0 Å². The van der Waals surface area contributed by atoms with Crippen molar-refractivity contribution < 1.29 is 13.2 Å². The molecule has 0 aromatic heterocycles. The van der Waals surface area contributed by atoms with Crippen LogP contribution in [0.2, 0.25) is 0 Å². The van der Waals surface area contributed by atoms with E-state index in [0.29, 0.717) is 6.54 Å². The molecule has 2 N–H and O–H groups in total. The van der Waals surface area contributed by atoms with Gasteiger partial charge in [0, 0.05) is 25.1 Å². The quantitative estimate of drug-likeness (QED) is 0.693. The van der Waals surface area contributed by atoms with Crippen molar-refractivity contribution in [2.24, 2.45) is 5.41 Å². The molecule has 1 saturated carbocycles. The Bertz CT molecular complexity index is 327. The Kier molecular flexibility index (Phi) is 4.34. The maximum atomic E-state index is 11.7. The summed E-state index contributed by atoms with van der Waals surface area (Å²) in [4.78, 5) is 0. The SMILES string of the molecule is CNCCS(=O)(=O)NC1CC(OC)C1(C)C. The Balaban J connectivity index is 2.51. The molecule has 0 spiro atoms. The number of methoxy groups -OCH3 is 1. The van der Waals surface area contributed by atoms with E-state index in [-0.39, 0.29) is 23.3 Å². The zero-order valence-electron chi connectivity index (χ0n) is 10.4. The van der Waals surface area contributed by atoms with E-state index < -0.39 is 10.0 Å². The van der Waals surface area contributed by atoms with Crippen molar-refractivity contribution in [1.82, 2.24) is 10.0 Å². The van der Waals surface area contributed by atoms with Gasteiger partial charge in [0.2, 0.25) is 10.0 Å². The summed E-state index contributed by atoms with van der Waals surface area (Å²) in [7, 11) is 0.230. The average molecular weight is 250 g/mol. The second-order valence-corrected chi connectivity index (χ2v) is 6.75. The van der Waals surface area contributed by atoms with Gasteiger partial charge in [0.05, 0.1) is 11.9 Å². The zero-order chi connectivity index (χ0) is 12.4. The van der Waals surface area contributed by atoms with Crippen LogP contribution in [0.4, 0.5) is 0 Å². The molecule has 1 fully saturated rings. The minimum atomic E-state index is -3.17. The van der Waals surface area contributed by atoms with Crippen LogP contribution in [0.1, 0.15) is 20.3 Å². The summed E-state index contributed by atoms with van der Waals surface area (Å²) in [5.74, 6) is 0.119. The van der Waals surface area contributed by atoms with E-state index in [1.54, 1.807) is 14.2 Å². The van der Waals surface area contributed by atoms with Gasteiger partial charge in [-0.3, -0.25) is 0 Å². The van der Waals surface area contributed by atoms with E-state index in [0.717, 1.165) is 6.42 Å². The Morgan fingerprint density at radius 1 is 1.44 bits per heavy atom. The van der Waals surface area contributed by atoms with Crippen LogP contribution in [0.3, 0.4) is 0 Å². The minimum Gasteiger partial charge on any atom is -0.381 e. The first-order valence-corrected chi connectivity index (χ1v) is 7.16. The molecule has 2 atom stereocenters. The Labute approximate surface area is 98.0 Å². The van der Waals surface area contributed by atoms with E-state index in [1.807, 2.05) is 13.8 Å². The molecule has 16 heavy (non-hydrogen) atoms. The van der Waals surface area contributed by atoms with Crippen molar-refractivity contribution in [2.45, 2.75) is 32.4 Å². The third kappa shape index (κ3) is 2.94. The van der Waals surface area contributed by atoms with Gasteiger partial charge in [-0.15, -0.1) is 0 Å². The lowest BCUT2D eigenvalue weighted by molar-refractivity contribution is -0.0908. The molecule has 5 nitrogen and oxygen atoms in total. The minimum absolute atomic E-state index is 0.0145. The second-order valence-electron chi connectivity index (χ2n) is 4.87. The monoisotopic (exact) mass is 250 g/mol. The van der Waals surface area contributed by atoms with E-state index in [2.05, 4.69) is 10.0 Å². The van der Waals surface area contributed by atoms with Crippen molar-refractivity contribution in [3.8, 4) is 0 Å². The van der Waals surface area contributed by atoms with Gasteiger partial charge in [-0.25, -0.2) is 13.1 Å². The van der Waals surface area contributed by atoms with Gasteiger partial charge < -0.3 is 10.1 Å². The smallest absolute Gasteiger partial charge is 0.213 e. The second kappa shape index (κ2) is 5.00. The Morgan fingerprint density at radius 2 is 2.06 bits per heavy atom. The molecule has 0 heterocycles. The summed E-state index contributed by atoms with van der Waals surface area (Å²) in [5, 5.41) is 2.83. The standard InChI is InChI=1S/C10H22N2O3S/c1-10(2)8(7-9(10)15-4)12-16(13,14)6-5-11-3/h8-9,11-12H,5-7H2,1-4H3. The van der Waals surface area contributed by atoms with Gasteiger partial charge in [-0.05, 0) is 13.5 Å². The molecule has 0 aliphatic heterocycles.